The van der Waals surface area contributed by atoms with Crippen LogP contribution in [0.4, 0.5) is 11.4 Å². The molecule has 1 aromatic carbocycles. The fourth-order valence-corrected chi connectivity index (χ4v) is 5.79. The summed E-state index contributed by atoms with van der Waals surface area (Å²) in [5.41, 5.74) is 0.637. The minimum Gasteiger partial charge on any atom is -0.510 e. The molecule has 7 N–H and O–H groups in total. The lowest BCUT2D eigenvalue weighted by Crippen LogP contribution is -2.63. The number of aliphatic hydroxyl groups is 3. The highest BCUT2D eigenvalue weighted by Gasteiger charge is 2.63. The number of nitrogens with two attached hydrogens (primary N) is 1. The Labute approximate surface area is 204 Å². The molecular weight excluding hydrogens is 476 g/mol. The molecule has 4 rings (SSSR count). The van der Waals surface area contributed by atoms with Gasteiger partial charge in [0.25, 0.3) is 5.91 Å². The number of likely N-dealkylation sites (N-methyl/N-ethyl adjacent to an activating group) is 1. The molecule has 36 heavy (non-hydrogen) atoms. The molecule has 0 radical (unpaired) electrons. The number of anilines is 1. The number of hydrogen-bond donors (Lipinski definition) is 6. The molecule has 0 spiro atoms. The Morgan fingerprint density at radius 2 is 1.94 bits per heavy atom. The number of hydrogen-bond acceptors (Lipinski definition) is 11. The Morgan fingerprint density at radius 1 is 1.31 bits per heavy atom. The largest absolute Gasteiger partial charge is 0.510 e. The molecule has 3 aliphatic carbocycles. The molecule has 0 aromatic heterocycles. The quantitative estimate of drug-likeness (QED) is 0.141. The van der Waals surface area contributed by atoms with Crippen molar-refractivity contribution >= 4 is 28.8 Å². The number of primary amides is 1. The number of aliphatic hydroxyl groups excluding tert-OH is 2. The second-order valence-electron chi connectivity index (χ2n) is 9.40. The van der Waals surface area contributed by atoms with Gasteiger partial charge in [-0.3, -0.25) is 29.4 Å². The summed E-state index contributed by atoms with van der Waals surface area (Å²) in [4.78, 5) is 51.0. The van der Waals surface area contributed by atoms with Crippen LogP contribution in [0.5, 0.6) is 5.75 Å². The fraction of sp³-hybridized carbons (Fsp3) is 0.435. The van der Waals surface area contributed by atoms with Crippen molar-refractivity contribution < 1.29 is 39.7 Å². The summed E-state index contributed by atoms with van der Waals surface area (Å²) in [6.45, 7) is 2.10. The first-order chi connectivity index (χ1) is 16.8. The molecule has 0 saturated carbocycles. The molecule has 4 atom stereocenters. The number of aromatic hydroxyl groups is 1. The van der Waals surface area contributed by atoms with E-state index in [4.69, 9.17) is 5.73 Å². The number of allylic oxidation sites excluding steroid dienone is 1. The summed E-state index contributed by atoms with van der Waals surface area (Å²) < 4.78 is 0. The third-order valence-corrected chi connectivity index (χ3v) is 7.27. The van der Waals surface area contributed by atoms with Crippen LogP contribution in [0.3, 0.4) is 0 Å². The molecule has 192 valence electrons. The topological polar surface area (TPSA) is 217 Å². The first kappa shape index (κ1) is 25.1. The summed E-state index contributed by atoms with van der Waals surface area (Å²) in [5.74, 6) is -8.17. The number of nitro benzene ring substituents is 1. The number of fused-ring (bicyclic) bond motifs is 3. The van der Waals surface area contributed by atoms with Crippen LogP contribution in [0.15, 0.2) is 28.7 Å². The van der Waals surface area contributed by atoms with Gasteiger partial charge in [0.05, 0.1) is 16.5 Å². The third-order valence-electron chi connectivity index (χ3n) is 7.27. The second kappa shape index (κ2) is 8.31. The molecule has 1 amide bonds. The van der Waals surface area contributed by atoms with Gasteiger partial charge in [0.2, 0.25) is 11.5 Å². The number of nitrogens with zero attached hydrogens (tertiary/aromatic N) is 2. The van der Waals surface area contributed by atoms with E-state index < -0.39 is 85.5 Å². The Balaban J connectivity index is 1.99. The number of benzene rings is 1. The van der Waals surface area contributed by atoms with Crippen molar-refractivity contribution in [1.29, 1.82) is 0 Å². The summed E-state index contributed by atoms with van der Waals surface area (Å²) in [6, 6.07) is 0.0213. The van der Waals surface area contributed by atoms with E-state index in [1.54, 1.807) is 6.92 Å². The Bertz CT molecular complexity index is 1300. The van der Waals surface area contributed by atoms with E-state index in [1.165, 1.54) is 19.0 Å². The molecule has 0 bridgehead atoms. The van der Waals surface area contributed by atoms with Crippen LogP contribution in [0.1, 0.15) is 29.3 Å². The van der Waals surface area contributed by atoms with Crippen molar-refractivity contribution in [2.75, 3.05) is 26.0 Å². The number of phenols is 1. The Morgan fingerprint density at radius 3 is 2.47 bits per heavy atom. The lowest BCUT2D eigenvalue weighted by Gasteiger charge is -2.50. The van der Waals surface area contributed by atoms with Crippen molar-refractivity contribution in [3.63, 3.8) is 0 Å². The van der Waals surface area contributed by atoms with Crippen molar-refractivity contribution in [3.05, 3.63) is 50.0 Å². The van der Waals surface area contributed by atoms with E-state index in [1.807, 2.05) is 0 Å². The van der Waals surface area contributed by atoms with Gasteiger partial charge in [-0.25, -0.2) is 0 Å². The molecule has 13 heteroatoms. The minimum absolute atomic E-state index is 0.0302. The van der Waals surface area contributed by atoms with Crippen molar-refractivity contribution in [2.24, 2.45) is 17.6 Å². The lowest BCUT2D eigenvalue weighted by molar-refractivity contribution is -0.385. The number of Topliss-reactive ketones (excluding diaryl/α,β-unsaturated/α-hetero) is 2. The van der Waals surface area contributed by atoms with Crippen molar-refractivity contribution in [3.8, 4) is 5.75 Å². The molecule has 2 unspecified atom stereocenters. The number of phenolic OH excluding ortho intramolecular Hbond substituents is 1. The van der Waals surface area contributed by atoms with E-state index in [0.29, 0.717) is 6.54 Å². The molecule has 0 saturated heterocycles. The predicted octanol–water partition coefficient (Wildman–Crippen LogP) is 0.461. The van der Waals surface area contributed by atoms with Crippen LogP contribution in [-0.4, -0.2) is 80.0 Å². The first-order valence-electron chi connectivity index (χ1n) is 11.2. The zero-order valence-corrected chi connectivity index (χ0v) is 19.7. The van der Waals surface area contributed by atoms with Gasteiger partial charge in [0, 0.05) is 29.8 Å². The van der Waals surface area contributed by atoms with Crippen LogP contribution in [0.25, 0.3) is 0 Å². The maximum Gasteiger partial charge on any atom is 0.313 e. The molecule has 1 aromatic rings. The van der Waals surface area contributed by atoms with Gasteiger partial charge >= 0.3 is 5.69 Å². The molecule has 0 fully saturated rings. The summed E-state index contributed by atoms with van der Waals surface area (Å²) in [6.07, 6.45) is -0.0441. The number of nitrogens with one attached hydrogen (secondary N) is 1. The number of rotatable bonds is 5. The predicted molar refractivity (Wildman–Crippen MR) is 124 cm³/mol. The molecule has 3 aliphatic rings. The number of ketones is 2. The Kier molecular flexibility index (Phi) is 5.80. The zero-order valence-electron chi connectivity index (χ0n) is 19.7. The smallest absolute Gasteiger partial charge is 0.313 e. The highest BCUT2D eigenvalue weighted by molar-refractivity contribution is 6.25. The van der Waals surface area contributed by atoms with E-state index in [-0.39, 0.29) is 24.1 Å². The van der Waals surface area contributed by atoms with Crippen molar-refractivity contribution in [2.45, 2.75) is 31.4 Å². The first-order valence-corrected chi connectivity index (χ1v) is 11.2. The van der Waals surface area contributed by atoms with E-state index >= 15 is 0 Å². The molecule has 13 nitrogen and oxygen atoms in total. The van der Waals surface area contributed by atoms with E-state index in [0.717, 1.165) is 6.07 Å². The zero-order chi connectivity index (χ0) is 26.9. The van der Waals surface area contributed by atoms with Crippen LogP contribution in [-0.2, 0) is 16.0 Å². The summed E-state index contributed by atoms with van der Waals surface area (Å²) in [7, 11) is 3.07. The van der Waals surface area contributed by atoms with Gasteiger partial charge in [-0.2, -0.15) is 0 Å². The minimum atomic E-state index is -2.77. The number of carbonyl (C=O) groups is 3. The van der Waals surface area contributed by atoms with Crippen LogP contribution in [0.2, 0.25) is 0 Å². The van der Waals surface area contributed by atoms with Crippen LogP contribution in [0, 0.1) is 22.0 Å². The SMILES string of the molecule is CCNc1cc([N+](=O)[O-])c(O)c2c1CC1CC3[C@H](N(C)C)C(O)=C(C(N)=O)C(=O)[C@@]3(O)C(O)=C1C2=O. The van der Waals surface area contributed by atoms with E-state index in [2.05, 4.69) is 5.32 Å². The van der Waals surface area contributed by atoms with Gasteiger partial charge in [0.15, 0.2) is 11.4 Å². The lowest BCUT2D eigenvalue weighted by atomic mass is 9.58. The standard InChI is InChI=1S/C23H26N4O9/c1-4-25-11-7-12(27(35)36)17(28)14-9(11)5-8-6-10-16(26(2)3)19(30)15(22(24)33)21(32)23(10,34)20(31)13(8)18(14)29/h7-8,10,16,25,28,30-31,34H,4-6H2,1-3H3,(H2,24,33)/t8?,10?,16-,23-/m0/s1. The maximum atomic E-state index is 13.6. The maximum absolute atomic E-state index is 13.6. The van der Waals surface area contributed by atoms with Gasteiger partial charge in [-0.05, 0) is 45.3 Å². The van der Waals surface area contributed by atoms with Gasteiger partial charge < -0.3 is 31.5 Å². The third kappa shape index (κ3) is 3.19. The van der Waals surface area contributed by atoms with Crippen molar-refractivity contribution in [1.82, 2.24) is 4.90 Å². The Hall–Kier alpha value is -3.97. The fourth-order valence-electron chi connectivity index (χ4n) is 5.79. The van der Waals surface area contributed by atoms with Crippen LogP contribution < -0.4 is 11.1 Å². The van der Waals surface area contributed by atoms with Gasteiger partial charge in [-0.1, -0.05) is 0 Å². The molecule has 0 aliphatic heterocycles. The number of nitro groups is 1. The monoisotopic (exact) mass is 502 g/mol. The molecular formula is C23H26N4O9. The average molecular weight is 502 g/mol. The average Bonchev–Trinajstić information content (AvgIpc) is 2.77. The highest BCUT2D eigenvalue weighted by Crippen LogP contribution is 2.53. The summed E-state index contributed by atoms with van der Waals surface area (Å²) >= 11 is 0. The normalized spacial score (nSPS) is 27.5. The van der Waals surface area contributed by atoms with Gasteiger partial charge in [0.1, 0.15) is 17.1 Å². The molecule has 0 heterocycles. The number of amides is 1. The summed E-state index contributed by atoms with van der Waals surface area (Å²) in [5, 5.41) is 58.6. The second-order valence-corrected chi connectivity index (χ2v) is 9.40. The van der Waals surface area contributed by atoms with E-state index in [9.17, 15) is 44.9 Å². The highest BCUT2D eigenvalue weighted by atomic mass is 16.6. The van der Waals surface area contributed by atoms with Crippen LogP contribution >= 0.6 is 0 Å². The number of carbonyl (C=O) groups excluding carboxylic acids is 3. The van der Waals surface area contributed by atoms with Gasteiger partial charge in [-0.15, -0.1) is 0 Å².